The minimum absolute atomic E-state index is 0.390. The van der Waals surface area contributed by atoms with E-state index in [1.807, 2.05) is 18.0 Å². The average Bonchev–Trinajstić information content (AvgIpc) is 3.12. The maximum atomic E-state index is 9.54. The second-order valence-corrected chi connectivity index (χ2v) is 8.63. The number of thioether (sulfide) groups is 1. The van der Waals surface area contributed by atoms with Gasteiger partial charge in [0.25, 0.3) is 0 Å². The maximum Gasteiger partial charge on any atom is 0.207 e. The molecule has 5 rings (SSSR count). The van der Waals surface area contributed by atoms with Crippen LogP contribution in [0.4, 0.5) is 11.6 Å². The highest BCUT2D eigenvalue weighted by Crippen LogP contribution is 2.37. The zero-order valence-electron chi connectivity index (χ0n) is 16.1. The van der Waals surface area contributed by atoms with Crippen molar-refractivity contribution >= 4 is 29.8 Å². The van der Waals surface area contributed by atoms with Crippen LogP contribution in [-0.4, -0.2) is 46.6 Å². The number of hydrogen-bond donors (Lipinski definition) is 3. The van der Waals surface area contributed by atoms with Crippen LogP contribution in [0.15, 0.2) is 23.2 Å². The van der Waals surface area contributed by atoms with Crippen molar-refractivity contribution in [3.8, 4) is 0 Å². The number of rotatable bonds is 6. The van der Waals surface area contributed by atoms with E-state index in [-0.39, 0.29) is 0 Å². The van der Waals surface area contributed by atoms with Gasteiger partial charge in [0.2, 0.25) is 6.41 Å². The van der Waals surface area contributed by atoms with E-state index in [0.717, 1.165) is 49.5 Å². The quantitative estimate of drug-likeness (QED) is 0.643. The van der Waals surface area contributed by atoms with Gasteiger partial charge >= 0.3 is 0 Å². The Balaban J connectivity index is 0.000000275. The fourth-order valence-electron chi connectivity index (χ4n) is 3.74. The third-order valence-electron chi connectivity index (χ3n) is 5.51. The van der Waals surface area contributed by atoms with Gasteiger partial charge in [-0.2, -0.15) is 5.10 Å². The summed E-state index contributed by atoms with van der Waals surface area (Å²) in [6.45, 7) is 0. The van der Waals surface area contributed by atoms with E-state index < -0.39 is 0 Å². The van der Waals surface area contributed by atoms with E-state index in [1.54, 1.807) is 7.11 Å². The molecule has 2 aromatic heterocycles. The zero-order valence-corrected chi connectivity index (χ0v) is 16.9. The molecule has 8 heteroatoms. The molecular formula is C20H27N5O2S. The number of H-pyrrole nitrogens is 1. The van der Waals surface area contributed by atoms with Gasteiger partial charge in [0, 0.05) is 53.2 Å². The van der Waals surface area contributed by atoms with Gasteiger partial charge < -0.3 is 15.4 Å². The van der Waals surface area contributed by atoms with Crippen molar-refractivity contribution < 1.29 is 9.53 Å². The van der Waals surface area contributed by atoms with Crippen LogP contribution in [-0.2, 0) is 16.0 Å². The minimum Gasteiger partial charge on any atom is -0.381 e. The Morgan fingerprint density at radius 3 is 2.93 bits per heavy atom. The van der Waals surface area contributed by atoms with Gasteiger partial charge in [0.15, 0.2) is 5.82 Å². The Kier molecular flexibility index (Phi) is 6.17. The lowest BCUT2D eigenvalue weighted by atomic mass is 10.0. The van der Waals surface area contributed by atoms with Gasteiger partial charge in [-0.3, -0.25) is 9.89 Å². The molecule has 1 aliphatic heterocycles. The standard InChI is InChI=1S/C16H20N4OS.C4H7NO/c1-21-11-3-2-10(8-11)13-9-15(20-19-13)18-16-12-5-7-22-14(12)4-6-17-16;6-3-5-4-1-2-4/h4,6,9-11H,2-3,5,7-8H2,1H3,(H2,17,18,19,20);3-4H,1-2H2,(H,5,6). The molecule has 150 valence electrons. The molecule has 0 aromatic carbocycles. The van der Waals surface area contributed by atoms with Crippen molar-refractivity contribution in [3.63, 3.8) is 0 Å². The van der Waals surface area contributed by atoms with Crippen LogP contribution in [0.1, 0.15) is 49.3 Å². The van der Waals surface area contributed by atoms with Crippen LogP contribution in [0.3, 0.4) is 0 Å². The fraction of sp³-hybridized carbons (Fsp3) is 0.550. The summed E-state index contributed by atoms with van der Waals surface area (Å²) in [7, 11) is 1.80. The highest BCUT2D eigenvalue weighted by Gasteiger charge is 2.27. The fourth-order valence-corrected chi connectivity index (χ4v) is 4.79. The predicted molar refractivity (Wildman–Crippen MR) is 110 cm³/mol. The SMILES string of the molecule is COC1CCC(c2cc(Nc3nccc4c3CCS4)n[nH]2)C1.O=CNC1CC1. The Labute approximate surface area is 169 Å². The van der Waals surface area contributed by atoms with E-state index in [4.69, 9.17) is 4.74 Å². The predicted octanol–water partition coefficient (Wildman–Crippen LogP) is 3.37. The largest absolute Gasteiger partial charge is 0.381 e. The highest BCUT2D eigenvalue weighted by molar-refractivity contribution is 7.99. The Hall–Kier alpha value is -2.06. The van der Waals surface area contributed by atoms with Crippen molar-refractivity contribution in [2.24, 2.45) is 0 Å². The molecule has 2 fully saturated rings. The number of anilines is 2. The topological polar surface area (TPSA) is 91.9 Å². The van der Waals surface area contributed by atoms with Crippen LogP contribution in [0.5, 0.6) is 0 Å². The Morgan fingerprint density at radius 1 is 1.32 bits per heavy atom. The van der Waals surface area contributed by atoms with Crippen molar-refractivity contribution in [1.82, 2.24) is 20.5 Å². The van der Waals surface area contributed by atoms with Crippen LogP contribution in [0.25, 0.3) is 0 Å². The summed E-state index contributed by atoms with van der Waals surface area (Å²) >= 11 is 1.90. The molecular weight excluding hydrogens is 374 g/mol. The summed E-state index contributed by atoms with van der Waals surface area (Å²) in [5.41, 5.74) is 2.52. The first-order chi connectivity index (χ1) is 13.8. The summed E-state index contributed by atoms with van der Waals surface area (Å²) in [6, 6.07) is 4.74. The second-order valence-electron chi connectivity index (χ2n) is 7.49. The number of carbonyl (C=O) groups excluding carboxylic acids is 1. The van der Waals surface area contributed by atoms with Crippen molar-refractivity contribution in [1.29, 1.82) is 0 Å². The van der Waals surface area contributed by atoms with Crippen LogP contribution >= 0.6 is 11.8 Å². The number of pyridine rings is 1. The maximum absolute atomic E-state index is 9.54. The first-order valence-electron chi connectivity index (χ1n) is 9.92. The van der Waals surface area contributed by atoms with Gasteiger partial charge in [0.05, 0.1) is 6.10 Å². The number of nitrogens with one attached hydrogen (secondary N) is 3. The number of aromatic amines is 1. The number of fused-ring (bicyclic) bond motifs is 1. The molecule has 2 atom stereocenters. The molecule has 3 N–H and O–H groups in total. The lowest BCUT2D eigenvalue weighted by Gasteiger charge is -2.08. The van der Waals surface area contributed by atoms with E-state index in [9.17, 15) is 4.79 Å². The number of ether oxygens (including phenoxy) is 1. The van der Waals surface area contributed by atoms with E-state index in [2.05, 4.69) is 37.9 Å². The molecule has 2 aromatic rings. The van der Waals surface area contributed by atoms with Gasteiger partial charge in [-0.05, 0) is 44.6 Å². The third kappa shape index (κ3) is 4.67. The number of methoxy groups -OCH3 is 1. The Bertz CT molecular complexity index is 808. The molecule has 28 heavy (non-hydrogen) atoms. The molecule has 3 heterocycles. The van der Waals surface area contributed by atoms with Crippen molar-refractivity contribution in [2.45, 2.75) is 61.5 Å². The lowest BCUT2D eigenvalue weighted by Crippen LogP contribution is -2.11. The van der Waals surface area contributed by atoms with E-state index in [1.165, 1.54) is 29.0 Å². The summed E-state index contributed by atoms with van der Waals surface area (Å²) in [5, 5.41) is 13.6. The molecule has 3 aliphatic rings. The molecule has 2 aliphatic carbocycles. The monoisotopic (exact) mass is 401 g/mol. The number of carbonyl (C=O) groups is 1. The molecule has 2 unspecified atom stereocenters. The van der Waals surface area contributed by atoms with Gasteiger partial charge in [-0.25, -0.2) is 4.98 Å². The summed E-state index contributed by atoms with van der Waals surface area (Å²) in [6.07, 6.45) is 9.83. The molecule has 0 saturated heterocycles. The summed E-state index contributed by atoms with van der Waals surface area (Å²) < 4.78 is 5.45. The van der Waals surface area contributed by atoms with Crippen molar-refractivity contribution in [2.75, 3.05) is 18.2 Å². The smallest absolute Gasteiger partial charge is 0.207 e. The van der Waals surface area contributed by atoms with Crippen LogP contribution in [0.2, 0.25) is 0 Å². The minimum atomic E-state index is 0.390. The number of hydrogen-bond acceptors (Lipinski definition) is 6. The second kappa shape index (κ2) is 8.96. The number of aromatic nitrogens is 3. The van der Waals surface area contributed by atoms with Gasteiger partial charge in [-0.15, -0.1) is 11.8 Å². The lowest BCUT2D eigenvalue weighted by molar-refractivity contribution is -0.109. The zero-order chi connectivity index (χ0) is 19.3. The first-order valence-corrected chi connectivity index (χ1v) is 10.9. The molecule has 0 bridgehead atoms. The summed E-state index contributed by atoms with van der Waals surface area (Å²) in [4.78, 5) is 15.4. The molecule has 0 spiro atoms. The third-order valence-corrected chi connectivity index (χ3v) is 6.61. The summed E-state index contributed by atoms with van der Waals surface area (Å²) in [5.74, 6) is 3.47. The normalized spacial score (nSPS) is 22.9. The van der Waals surface area contributed by atoms with Gasteiger partial charge in [0.1, 0.15) is 5.82 Å². The highest BCUT2D eigenvalue weighted by atomic mass is 32.2. The van der Waals surface area contributed by atoms with Crippen LogP contribution in [0, 0.1) is 0 Å². The average molecular weight is 402 g/mol. The number of nitrogens with zero attached hydrogens (tertiary/aromatic N) is 2. The molecule has 2 saturated carbocycles. The van der Waals surface area contributed by atoms with Gasteiger partial charge in [-0.1, -0.05) is 0 Å². The van der Waals surface area contributed by atoms with E-state index in [0.29, 0.717) is 18.1 Å². The first kappa shape index (κ1) is 19.3. The Morgan fingerprint density at radius 2 is 2.21 bits per heavy atom. The van der Waals surface area contributed by atoms with Crippen LogP contribution < -0.4 is 10.6 Å². The van der Waals surface area contributed by atoms with E-state index >= 15 is 0 Å². The molecule has 7 nitrogen and oxygen atoms in total. The molecule has 1 amide bonds. The molecule has 0 radical (unpaired) electrons. The number of amides is 1. The van der Waals surface area contributed by atoms with Crippen molar-refractivity contribution in [3.05, 3.63) is 29.6 Å².